The van der Waals surface area contributed by atoms with Crippen LogP contribution in [-0.4, -0.2) is 7.11 Å². The highest BCUT2D eigenvalue weighted by Gasteiger charge is 2.01. The number of benzene rings is 1. The molecule has 0 N–H and O–H groups in total. The molecule has 0 bridgehead atoms. The molecule has 0 aliphatic rings. The number of thiophene rings is 1. The average Bonchev–Trinajstić information content (AvgIpc) is 2.59. The van der Waals surface area contributed by atoms with E-state index >= 15 is 0 Å². The van der Waals surface area contributed by atoms with Crippen LogP contribution in [0, 0.1) is 0 Å². The van der Waals surface area contributed by atoms with Crippen LogP contribution in [0.1, 0.15) is 5.56 Å². The van der Waals surface area contributed by atoms with Crippen molar-refractivity contribution in [1.29, 1.82) is 0 Å². The molecule has 1 aromatic carbocycles. The van der Waals surface area contributed by atoms with Crippen molar-refractivity contribution in [3.63, 3.8) is 0 Å². The molecule has 1 aromatic heterocycles. The molecule has 0 amide bonds. The Morgan fingerprint density at radius 1 is 1.46 bits per heavy atom. The zero-order valence-corrected chi connectivity index (χ0v) is 8.23. The molecule has 0 aliphatic carbocycles. The second-order valence-corrected chi connectivity index (χ2v) is 3.67. The number of hydrogen-bond acceptors (Lipinski definition) is 2. The van der Waals surface area contributed by atoms with E-state index in [-0.39, 0.29) is 0 Å². The zero-order valence-electron chi connectivity index (χ0n) is 7.41. The van der Waals surface area contributed by atoms with Gasteiger partial charge in [0.05, 0.1) is 7.11 Å². The molecule has 0 aliphatic heterocycles. The van der Waals surface area contributed by atoms with E-state index in [9.17, 15) is 0 Å². The standard InChI is InChI=1S/C11H10OS/c1-3-8-7-13-11-6-9(12-2)4-5-10(8)11/h3-7H,1H2,2H3. The summed E-state index contributed by atoms with van der Waals surface area (Å²) in [6.45, 7) is 3.77. The SMILES string of the molecule is C=Cc1csc2cc(OC)ccc12. The summed E-state index contributed by atoms with van der Waals surface area (Å²) in [5, 5.41) is 3.36. The van der Waals surface area contributed by atoms with Crippen LogP contribution >= 0.6 is 11.3 Å². The first-order valence-electron chi connectivity index (χ1n) is 4.03. The molecule has 0 unspecified atom stereocenters. The van der Waals surface area contributed by atoms with Crippen LogP contribution < -0.4 is 4.74 Å². The summed E-state index contributed by atoms with van der Waals surface area (Å²) in [5.41, 5.74) is 1.20. The summed E-state index contributed by atoms with van der Waals surface area (Å²) in [7, 11) is 1.68. The van der Waals surface area contributed by atoms with Crippen LogP contribution in [0.3, 0.4) is 0 Å². The van der Waals surface area contributed by atoms with Gasteiger partial charge in [-0.2, -0.15) is 0 Å². The number of ether oxygens (including phenoxy) is 1. The van der Waals surface area contributed by atoms with Gasteiger partial charge < -0.3 is 4.74 Å². The lowest BCUT2D eigenvalue weighted by Gasteiger charge is -1.98. The molecule has 2 heteroatoms. The van der Waals surface area contributed by atoms with E-state index in [2.05, 4.69) is 18.0 Å². The Bertz CT molecular complexity index is 442. The summed E-state index contributed by atoms with van der Waals surface area (Å²) in [6.07, 6.45) is 1.88. The second-order valence-electron chi connectivity index (χ2n) is 2.76. The second kappa shape index (κ2) is 3.23. The summed E-state index contributed by atoms with van der Waals surface area (Å²) >= 11 is 1.72. The fourth-order valence-electron chi connectivity index (χ4n) is 1.31. The Morgan fingerprint density at radius 3 is 3.00 bits per heavy atom. The minimum atomic E-state index is 0.907. The van der Waals surface area contributed by atoms with E-state index in [4.69, 9.17) is 4.74 Å². The Balaban J connectivity index is 2.67. The van der Waals surface area contributed by atoms with E-state index < -0.39 is 0 Å². The lowest BCUT2D eigenvalue weighted by molar-refractivity contribution is 0.415. The third-order valence-corrected chi connectivity index (χ3v) is 3.00. The molecule has 1 heterocycles. The highest BCUT2D eigenvalue weighted by Crippen LogP contribution is 2.29. The van der Waals surface area contributed by atoms with Crippen molar-refractivity contribution in [2.45, 2.75) is 0 Å². The molecule has 13 heavy (non-hydrogen) atoms. The van der Waals surface area contributed by atoms with Crippen LogP contribution in [0.5, 0.6) is 5.75 Å². The van der Waals surface area contributed by atoms with Crippen molar-refractivity contribution in [2.75, 3.05) is 7.11 Å². The molecule has 2 aromatic rings. The predicted molar refractivity (Wildman–Crippen MR) is 58.5 cm³/mol. The fraction of sp³-hybridized carbons (Fsp3) is 0.0909. The lowest BCUT2D eigenvalue weighted by Crippen LogP contribution is -1.80. The quantitative estimate of drug-likeness (QED) is 0.703. The third-order valence-electron chi connectivity index (χ3n) is 2.03. The molecule has 2 rings (SSSR count). The molecule has 66 valence electrons. The normalized spacial score (nSPS) is 10.2. The van der Waals surface area contributed by atoms with E-state index in [1.165, 1.54) is 15.6 Å². The fourth-order valence-corrected chi connectivity index (χ4v) is 2.29. The Morgan fingerprint density at radius 2 is 2.31 bits per heavy atom. The summed E-state index contributed by atoms with van der Waals surface area (Å²) in [5.74, 6) is 0.907. The van der Waals surface area contributed by atoms with E-state index in [0.717, 1.165) is 5.75 Å². The third kappa shape index (κ3) is 1.33. The first-order valence-corrected chi connectivity index (χ1v) is 4.91. The largest absolute Gasteiger partial charge is 0.497 e. The van der Waals surface area contributed by atoms with Gasteiger partial charge in [-0.15, -0.1) is 11.3 Å². The predicted octanol–water partition coefficient (Wildman–Crippen LogP) is 3.55. The van der Waals surface area contributed by atoms with Gasteiger partial charge in [0, 0.05) is 4.70 Å². The number of methoxy groups -OCH3 is 1. The van der Waals surface area contributed by atoms with Gasteiger partial charge >= 0.3 is 0 Å². The molecule has 0 atom stereocenters. The van der Waals surface area contributed by atoms with Gasteiger partial charge in [-0.3, -0.25) is 0 Å². The van der Waals surface area contributed by atoms with E-state index in [0.29, 0.717) is 0 Å². The number of hydrogen-bond donors (Lipinski definition) is 0. The molecule has 0 fully saturated rings. The van der Waals surface area contributed by atoms with Crippen LogP contribution in [0.2, 0.25) is 0 Å². The zero-order chi connectivity index (χ0) is 9.26. The van der Waals surface area contributed by atoms with Crippen molar-refractivity contribution in [1.82, 2.24) is 0 Å². The smallest absolute Gasteiger partial charge is 0.120 e. The van der Waals surface area contributed by atoms with Gasteiger partial charge in [0.1, 0.15) is 5.75 Å². The van der Waals surface area contributed by atoms with Crippen LogP contribution in [-0.2, 0) is 0 Å². The average molecular weight is 190 g/mol. The first kappa shape index (κ1) is 8.32. The van der Waals surface area contributed by atoms with Crippen molar-refractivity contribution in [3.05, 3.63) is 35.7 Å². The first-order chi connectivity index (χ1) is 6.35. The van der Waals surface area contributed by atoms with Crippen molar-refractivity contribution in [3.8, 4) is 5.75 Å². The monoisotopic (exact) mass is 190 g/mol. The molecular formula is C11H10OS. The van der Waals surface area contributed by atoms with Crippen molar-refractivity contribution >= 4 is 27.5 Å². The Labute approximate surface area is 81.3 Å². The number of rotatable bonds is 2. The maximum atomic E-state index is 5.15. The molecule has 0 saturated carbocycles. The van der Waals surface area contributed by atoms with Gasteiger partial charge in [-0.1, -0.05) is 12.7 Å². The topological polar surface area (TPSA) is 9.23 Å². The summed E-state index contributed by atoms with van der Waals surface area (Å²) < 4.78 is 6.39. The van der Waals surface area contributed by atoms with Crippen LogP contribution in [0.4, 0.5) is 0 Å². The number of fused-ring (bicyclic) bond motifs is 1. The maximum absolute atomic E-state index is 5.15. The minimum Gasteiger partial charge on any atom is -0.497 e. The van der Waals surface area contributed by atoms with Crippen molar-refractivity contribution < 1.29 is 4.74 Å². The van der Waals surface area contributed by atoms with Gasteiger partial charge in [0.2, 0.25) is 0 Å². The minimum absolute atomic E-state index is 0.907. The van der Waals surface area contributed by atoms with Gasteiger partial charge in [-0.05, 0) is 34.5 Å². The molecule has 0 saturated heterocycles. The molecule has 1 nitrogen and oxygen atoms in total. The van der Waals surface area contributed by atoms with Gasteiger partial charge in [-0.25, -0.2) is 0 Å². The van der Waals surface area contributed by atoms with Crippen LogP contribution in [0.25, 0.3) is 16.2 Å². The molecule has 0 spiro atoms. The van der Waals surface area contributed by atoms with Gasteiger partial charge in [0.25, 0.3) is 0 Å². The van der Waals surface area contributed by atoms with Crippen molar-refractivity contribution in [2.24, 2.45) is 0 Å². The van der Waals surface area contributed by atoms with Gasteiger partial charge in [0.15, 0.2) is 0 Å². The summed E-state index contributed by atoms with van der Waals surface area (Å²) in [6, 6.07) is 6.09. The Hall–Kier alpha value is -1.28. The highest BCUT2D eigenvalue weighted by molar-refractivity contribution is 7.17. The molecular weight excluding hydrogens is 180 g/mol. The summed E-state index contributed by atoms with van der Waals surface area (Å²) in [4.78, 5) is 0. The Kier molecular flexibility index (Phi) is 2.07. The van der Waals surface area contributed by atoms with E-state index in [1.807, 2.05) is 18.2 Å². The maximum Gasteiger partial charge on any atom is 0.120 e. The van der Waals surface area contributed by atoms with E-state index in [1.54, 1.807) is 18.4 Å². The highest BCUT2D eigenvalue weighted by atomic mass is 32.1. The molecule has 0 radical (unpaired) electrons. The van der Waals surface area contributed by atoms with Crippen LogP contribution in [0.15, 0.2) is 30.2 Å². The lowest BCUT2D eigenvalue weighted by atomic mass is 10.2.